The van der Waals surface area contributed by atoms with Crippen LogP contribution in [-0.4, -0.2) is 15.0 Å². The van der Waals surface area contributed by atoms with Gasteiger partial charge in [-0.3, -0.25) is 0 Å². The smallest absolute Gasteiger partial charge is 0.164 e. The van der Waals surface area contributed by atoms with E-state index in [0.717, 1.165) is 27.8 Å². The van der Waals surface area contributed by atoms with Crippen molar-refractivity contribution in [3.8, 4) is 89.8 Å². The quantitative estimate of drug-likeness (QED) is 0.142. The molecule has 0 aliphatic heterocycles. The van der Waals surface area contributed by atoms with Crippen molar-refractivity contribution in [1.29, 1.82) is 0 Å². The highest BCUT2D eigenvalue weighted by atomic mass is 32.1. The van der Waals surface area contributed by atoms with Gasteiger partial charge in [-0.1, -0.05) is 370 Å². The van der Waals surface area contributed by atoms with Gasteiger partial charge in [0.25, 0.3) is 0 Å². The Morgan fingerprint density at radius 3 is 0.707 bits per heavy atom. The molecule has 24 rings (SSSR count). The standard InChI is InChI=1S/C45H29N3.C36H22S.C30H18S/c1-3-13-30(14-4-1)43-46-44(31-15-5-2-6-16-31)48-45(47-43)36-20-12-19-34(28-36)32-17-11-18-33(27-32)35-25-26-41-39-23-8-7-21-37(39)38-22-9-10-24-40(38)42(41)29-35;1-2-13-29-27(11-1)28-12-3-4-14-30(28)34-22-24(19-20-31(29)34)23-9-7-10-25(21-23)26-16-8-17-33-32-15-5-6-18-35(32)37-36(26)33;1-2-10-23-21(8-1)22-9-3-4-11-24(22)28-18-19(16-17-25(23)28)20-13-7-14-27-26-12-5-6-15-29(26)31-30(20)27/h1-29H;1-22H;1-18H. The molecule has 0 aliphatic rings. The van der Waals surface area contributed by atoms with Crippen LogP contribution in [0.4, 0.5) is 0 Å². The van der Waals surface area contributed by atoms with E-state index in [9.17, 15) is 0 Å². The number of thiophene rings is 2. The van der Waals surface area contributed by atoms with Crippen molar-refractivity contribution in [1.82, 2.24) is 15.0 Å². The summed E-state index contributed by atoms with van der Waals surface area (Å²) in [6, 6.07) is 151. The molecule has 0 N–H and O–H groups in total. The van der Waals surface area contributed by atoms with Gasteiger partial charge in [0.15, 0.2) is 17.5 Å². The molecular weight excluding hydrogens is 1440 g/mol. The van der Waals surface area contributed by atoms with E-state index in [0.29, 0.717) is 17.5 Å². The van der Waals surface area contributed by atoms with E-state index >= 15 is 0 Å². The maximum Gasteiger partial charge on any atom is 0.164 e. The molecule has 0 spiro atoms. The first-order valence-corrected chi connectivity index (χ1v) is 41.1. The molecule has 0 amide bonds. The summed E-state index contributed by atoms with van der Waals surface area (Å²) in [7, 11) is 0. The first-order chi connectivity index (χ1) is 57.5. The van der Waals surface area contributed by atoms with Crippen molar-refractivity contribution in [2.45, 2.75) is 0 Å². The lowest BCUT2D eigenvalue weighted by Crippen LogP contribution is -2.00. The Morgan fingerprint density at radius 2 is 0.345 bits per heavy atom. The van der Waals surface area contributed by atoms with Crippen LogP contribution >= 0.6 is 22.7 Å². The zero-order valence-corrected chi connectivity index (χ0v) is 64.6. The Bertz CT molecular complexity index is 7880. The second-order valence-corrected chi connectivity index (χ2v) is 32.0. The van der Waals surface area contributed by atoms with Gasteiger partial charge < -0.3 is 0 Å². The predicted octanol–water partition coefficient (Wildman–Crippen LogP) is 31.7. The lowest BCUT2D eigenvalue weighted by atomic mass is 9.91. The van der Waals surface area contributed by atoms with Crippen molar-refractivity contribution in [2.24, 2.45) is 0 Å². The highest BCUT2D eigenvalue weighted by Gasteiger charge is 2.19. The molecule has 0 aliphatic carbocycles. The van der Waals surface area contributed by atoms with Crippen molar-refractivity contribution in [2.75, 3.05) is 0 Å². The van der Waals surface area contributed by atoms with Crippen LogP contribution in [0.2, 0.25) is 0 Å². The van der Waals surface area contributed by atoms with Crippen molar-refractivity contribution in [3.05, 3.63) is 419 Å². The van der Waals surface area contributed by atoms with Gasteiger partial charge in [0.2, 0.25) is 0 Å². The van der Waals surface area contributed by atoms with Gasteiger partial charge in [-0.2, -0.15) is 0 Å². The summed E-state index contributed by atoms with van der Waals surface area (Å²) in [6.07, 6.45) is 0. The molecule has 116 heavy (non-hydrogen) atoms. The lowest BCUT2D eigenvalue weighted by molar-refractivity contribution is 1.07. The fraction of sp³-hybridized carbons (Fsp3) is 0. The number of rotatable bonds is 8. The molecule has 0 bridgehead atoms. The molecule has 0 saturated carbocycles. The summed E-state index contributed by atoms with van der Waals surface area (Å²) in [5.74, 6) is 1.96. The topological polar surface area (TPSA) is 38.7 Å². The SMILES string of the molecule is c1cc(-c2ccc3c4ccccc4c4ccccc4c3c2)cc(-c2cccc3c2sc2ccccc23)c1.c1ccc(-c2nc(-c3ccccc3)nc(-c3cccc(-c4cccc(-c5ccc6c7ccccc7c7ccccc7c6c5)c4)c3)n2)cc1.c1ccc2c(c1)sc1c(-c3ccc4c5ccccc5c5ccccc5c4c3)cccc12. The minimum absolute atomic E-state index is 0.648. The monoisotopic (exact) mass is 1510 g/mol. The van der Waals surface area contributed by atoms with Gasteiger partial charge in [-0.25, -0.2) is 15.0 Å². The summed E-state index contributed by atoms with van der Waals surface area (Å²) in [6.45, 7) is 0. The molecule has 5 heteroatoms. The first-order valence-electron chi connectivity index (χ1n) is 39.5. The number of hydrogen-bond donors (Lipinski definition) is 0. The zero-order chi connectivity index (χ0) is 76.6. The molecule has 0 radical (unpaired) electrons. The molecule has 24 aromatic rings. The van der Waals surface area contributed by atoms with Gasteiger partial charge in [0.1, 0.15) is 0 Å². The Labute approximate surface area is 678 Å². The molecule has 0 saturated heterocycles. The molecule has 540 valence electrons. The molecular formula is C111H69N3S2. The summed E-state index contributed by atoms with van der Waals surface area (Å²) in [5, 5.41) is 28.9. The highest BCUT2D eigenvalue weighted by molar-refractivity contribution is 7.26. The fourth-order valence-electron chi connectivity index (χ4n) is 17.7. The molecule has 21 aromatic carbocycles. The Balaban J connectivity index is 0.000000108. The van der Waals surface area contributed by atoms with Crippen molar-refractivity contribution in [3.63, 3.8) is 0 Å². The third-order valence-electron chi connectivity index (χ3n) is 23.2. The van der Waals surface area contributed by atoms with Crippen LogP contribution in [0.15, 0.2) is 419 Å². The molecule has 3 nitrogen and oxygen atoms in total. The molecule has 3 aromatic heterocycles. The molecule has 0 unspecified atom stereocenters. The third-order valence-corrected chi connectivity index (χ3v) is 25.6. The third kappa shape index (κ3) is 12.1. The zero-order valence-electron chi connectivity index (χ0n) is 63.0. The molecule has 0 fully saturated rings. The second kappa shape index (κ2) is 28.9. The number of benzene rings is 21. The first kappa shape index (κ1) is 68.2. The Morgan fingerprint density at radius 1 is 0.129 bits per heavy atom. The van der Waals surface area contributed by atoms with E-state index in [1.807, 2.05) is 83.3 Å². The number of fused-ring (bicyclic) bond motifs is 24. The second-order valence-electron chi connectivity index (χ2n) is 29.9. The van der Waals surface area contributed by atoms with Crippen molar-refractivity contribution < 1.29 is 0 Å². The molecule has 0 atom stereocenters. The predicted molar refractivity (Wildman–Crippen MR) is 500 cm³/mol. The van der Waals surface area contributed by atoms with Crippen LogP contribution in [0.3, 0.4) is 0 Å². The normalized spacial score (nSPS) is 11.6. The maximum atomic E-state index is 4.95. The average Bonchev–Trinajstić information content (AvgIpc) is 0.815. The van der Waals surface area contributed by atoms with Crippen LogP contribution in [0.1, 0.15) is 0 Å². The van der Waals surface area contributed by atoms with Crippen molar-refractivity contribution >= 4 is 160 Å². The maximum absolute atomic E-state index is 4.95. The van der Waals surface area contributed by atoms with E-state index < -0.39 is 0 Å². The van der Waals surface area contributed by atoms with Crippen LogP contribution in [0.5, 0.6) is 0 Å². The van der Waals surface area contributed by atoms with Gasteiger partial charge in [0.05, 0.1) is 0 Å². The van der Waals surface area contributed by atoms with Gasteiger partial charge in [-0.05, 0) is 201 Å². The van der Waals surface area contributed by atoms with Crippen LogP contribution in [-0.2, 0) is 0 Å². The summed E-state index contributed by atoms with van der Waals surface area (Å²) >= 11 is 3.78. The highest BCUT2D eigenvalue weighted by Crippen LogP contribution is 2.46. The van der Waals surface area contributed by atoms with E-state index in [1.54, 1.807) is 0 Å². The Kier molecular flexibility index (Phi) is 17.0. The van der Waals surface area contributed by atoms with Gasteiger partial charge in [-0.15, -0.1) is 22.7 Å². The van der Waals surface area contributed by atoms with E-state index in [4.69, 9.17) is 15.0 Å². The number of aromatic nitrogens is 3. The number of hydrogen-bond acceptors (Lipinski definition) is 5. The summed E-state index contributed by atoms with van der Waals surface area (Å²) in [4.78, 5) is 14.8. The van der Waals surface area contributed by atoms with Crippen LogP contribution in [0.25, 0.3) is 227 Å². The van der Waals surface area contributed by atoms with E-state index in [-0.39, 0.29) is 0 Å². The fourth-order valence-corrected chi connectivity index (χ4v) is 20.2. The lowest BCUT2D eigenvalue weighted by Gasteiger charge is -2.13. The van der Waals surface area contributed by atoms with E-state index in [2.05, 4.69) is 358 Å². The summed E-state index contributed by atoms with van der Waals surface area (Å²) < 4.78 is 5.42. The molecule has 3 heterocycles. The minimum atomic E-state index is 0.648. The Hall–Kier alpha value is -14.6. The van der Waals surface area contributed by atoms with Gasteiger partial charge in [0, 0.05) is 57.0 Å². The van der Waals surface area contributed by atoms with Crippen LogP contribution < -0.4 is 0 Å². The van der Waals surface area contributed by atoms with Crippen LogP contribution in [0, 0.1) is 0 Å². The largest absolute Gasteiger partial charge is 0.208 e. The number of nitrogens with zero attached hydrogens (tertiary/aromatic N) is 3. The summed E-state index contributed by atoms with van der Waals surface area (Å²) in [5.41, 5.74) is 15.1. The van der Waals surface area contributed by atoms with E-state index in [1.165, 1.54) is 182 Å². The minimum Gasteiger partial charge on any atom is -0.208 e. The average molecular weight is 1510 g/mol. The van der Waals surface area contributed by atoms with Gasteiger partial charge >= 0.3 is 0 Å².